The zero-order valence-electron chi connectivity index (χ0n) is 25.8. The smallest absolute Gasteiger partial charge is 0.337 e. The van der Waals surface area contributed by atoms with E-state index in [1.165, 1.54) is 17.2 Å². The van der Waals surface area contributed by atoms with Gasteiger partial charge < -0.3 is 14.6 Å². The van der Waals surface area contributed by atoms with E-state index >= 15 is 4.39 Å². The van der Waals surface area contributed by atoms with Gasteiger partial charge in [0.05, 0.1) is 12.2 Å². The molecule has 3 heterocycles. The molecule has 0 radical (unpaired) electrons. The number of carbonyl (C=O) groups is 1. The zero-order chi connectivity index (χ0) is 30.2. The number of hydrogen-bond donors (Lipinski definition) is 1. The number of hydrogen-bond acceptors (Lipinski definition) is 5. The van der Waals surface area contributed by atoms with Gasteiger partial charge in [-0.15, -0.1) is 0 Å². The summed E-state index contributed by atoms with van der Waals surface area (Å²) in [6.07, 6.45) is 3.05. The average Bonchev–Trinajstić information content (AvgIpc) is 2.94. The van der Waals surface area contributed by atoms with Gasteiger partial charge in [0.15, 0.2) is 17.7 Å². The first kappa shape index (κ1) is 30.2. The van der Waals surface area contributed by atoms with Crippen molar-refractivity contribution in [1.82, 2.24) is 9.88 Å². The van der Waals surface area contributed by atoms with Gasteiger partial charge in [-0.2, -0.15) is 0 Å². The fourth-order valence-corrected chi connectivity index (χ4v) is 6.47. The highest BCUT2D eigenvalue weighted by Crippen LogP contribution is 2.44. The summed E-state index contributed by atoms with van der Waals surface area (Å²) in [7, 11) is 0. The van der Waals surface area contributed by atoms with Crippen molar-refractivity contribution in [2.75, 3.05) is 19.7 Å². The van der Waals surface area contributed by atoms with Gasteiger partial charge in [-0.1, -0.05) is 24.3 Å². The first-order valence-electron chi connectivity index (χ1n) is 15.1. The molecular weight excluding hydrogens is 531 g/mol. The third-order valence-electron chi connectivity index (χ3n) is 8.50. The standard InChI is InChI=1S/C35H43FN2O4/c1-21-11-7-8-12-24(21)13-9-16-38-17-15-29-27(20-38)31(26-19-28(36)32-25(22(26)2)14-10-18-41-32)30(23(3)37-29)33(34(39)40)42-35(4,5)6/h7-8,11-12,19,33H,9-10,13-18,20H2,1-6H3,(H,39,40)/t33-/m0/s1. The number of aliphatic carboxylic acids is 1. The van der Waals surface area contributed by atoms with Crippen molar-refractivity contribution in [2.45, 2.75) is 91.9 Å². The van der Waals surface area contributed by atoms with Crippen molar-refractivity contribution < 1.29 is 23.8 Å². The monoisotopic (exact) mass is 574 g/mol. The summed E-state index contributed by atoms with van der Waals surface area (Å²) >= 11 is 0. The highest BCUT2D eigenvalue weighted by atomic mass is 19.1. The highest BCUT2D eigenvalue weighted by molar-refractivity contribution is 5.84. The second kappa shape index (κ2) is 12.1. The molecule has 0 saturated heterocycles. The van der Waals surface area contributed by atoms with E-state index in [9.17, 15) is 9.90 Å². The number of rotatable bonds is 8. The Morgan fingerprint density at radius 1 is 1.17 bits per heavy atom. The molecule has 0 saturated carbocycles. The van der Waals surface area contributed by atoms with Crippen LogP contribution in [-0.2, 0) is 35.3 Å². The number of carboxylic acid groups (broad SMARTS) is 1. The zero-order valence-corrected chi connectivity index (χ0v) is 25.8. The first-order chi connectivity index (χ1) is 19.9. The average molecular weight is 575 g/mol. The minimum Gasteiger partial charge on any atom is -0.490 e. The lowest BCUT2D eigenvalue weighted by Crippen LogP contribution is -2.34. The van der Waals surface area contributed by atoms with Crippen LogP contribution in [0.4, 0.5) is 4.39 Å². The van der Waals surface area contributed by atoms with Crippen molar-refractivity contribution in [3.8, 4) is 16.9 Å². The molecule has 5 rings (SSSR count). The number of ether oxygens (including phenoxy) is 2. The normalized spacial score (nSPS) is 16.0. The molecule has 0 aliphatic carbocycles. The Kier molecular flexibility index (Phi) is 8.72. The van der Waals surface area contributed by atoms with E-state index in [-0.39, 0.29) is 0 Å². The van der Waals surface area contributed by atoms with Crippen LogP contribution in [0.25, 0.3) is 11.1 Å². The molecule has 224 valence electrons. The minimum atomic E-state index is -1.25. The number of nitrogens with zero attached hydrogens (tertiary/aromatic N) is 2. The summed E-state index contributed by atoms with van der Waals surface area (Å²) in [5.74, 6) is -1.17. The number of halogens is 1. The van der Waals surface area contributed by atoms with Gasteiger partial charge in [-0.25, -0.2) is 9.18 Å². The Hall–Kier alpha value is -3.29. The molecule has 0 spiro atoms. The summed E-state index contributed by atoms with van der Waals surface area (Å²) in [6.45, 7) is 14.4. The van der Waals surface area contributed by atoms with E-state index in [4.69, 9.17) is 14.5 Å². The van der Waals surface area contributed by atoms with Crippen molar-refractivity contribution >= 4 is 5.97 Å². The van der Waals surface area contributed by atoms with Gasteiger partial charge in [-0.3, -0.25) is 9.88 Å². The van der Waals surface area contributed by atoms with Crippen LogP contribution < -0.4 is 4.74 Å². The molecule has 3 aromatic rings. The molecular formula is C35H43FN2O4. The van der Waals surface area contributed by atoms with Crippen LogP contribution in [0.1, 0.15) is 84.5 Å². The van der Waals surface area contributed by atoms with E-state index in [0.29, 0.717) is 35.7 Å². The van der Waals surface area contributed by atoms with Gasteiger partial charge in [0.2, 0.25) is 0 Å². The summed E-state index contributed by atoms with van der Waals surface area (Å²) in [5.41, 5.74) is 8.25. The van der Waals surface area contributed by atoms with E-state index < -0.39 is 23.5 Å². The number of fused-ring (bicyclic) bond motifs is 2. The van der Waals surface area contributed by atoms with E-state index in [1.54, 1.807) is 0 Å². The van der Waals surface area contributed by atoms with E-state index in [2.05, 4.69) is 36.1 Å². The predicted octanol–water partition coefficient (Wildman–Crippen LogP) is 7.07. The quantitative estimate of drug-likeness (QED) is 0.310. The Bertz CT molecular complexity index is 1490. The topological polar surface area (TPSA) is 71.9 Å². The van der Waals surface area contributed by atoms with Gasteiger partial charge in [-0.05, 0) is 113 Å². The maximum Gasteiger partial charge on any atom is 0.337 e. The molecule has 2 aliphatic rings. The lowest BCUT2D eigenvalue weighted by molar-refractivity contribution is -0.160. The summed E-state index contributed by atoms with van der Waals surface area (Å²) < 4.78 is 27.5. The molecule has 0 amide bonds. The Morgan fingerprint density at radius 3 is 2.64 bits per heavy atom. The van der Waals surface area contributed by atoms with Crippen LogP contribution in [0, 0.1) is 26.6 Å². The molecule has 0 bridgehead atoms. The van der Waals surface area contributed by atoms with Crippen LogP contribution >= 0.6 is 0 Å². The summed E-state index contributed by atoms with van der Waals surface area (Å²) in [4.78, 5) is 20.2. The van der Waals surface area contributed by atoms with Crippen LogP contribution in [0.3, 0.4) is 0 Å². The number of aromatic nitrogens is 1. The van der Waals surface area contributed by atoms with Crippen molar-refractivity contribution in [2.24, 2.45) is 0 Å². The number of pyridine rings is 1. The van der Waals surface area contributed by atoms with Gasteiger partial charge in [0, 0.05) is 42.0 Å². The molecule has 0 unspecified atom stereocenters. The fraction of sp³-hybridized carbons (Fsp3) is 0.486. The van der Waals surface area contributed by atoms with Crippen molar-refractivity contribution in [1.29, 1.82) is 0 Å². The lowest BCUT2D eigenvalue weighted by atomic mass is 9.83. The molecule has 0 fully saturated rings. The third kappa shape index (κ3) is 6.23. The second-order valence-corrected chi connectivity index (χ2v) is 12.7. The molecule has 6 nitrogen and oxygen atoms in total. The van der Waals surface area contributed by atoms with Gasteiger partial charge in [0.1, 0.15) is 0 Å². The summed E-state index contributed by atoms with van der Waals surface area (Å²) in [5, 5.41) is 10.4. The van der Waals surface area contributed by atoms with Gasteiger partial charge in [0.25, 0.3) is 0 Å². The molecule has 42 heavy (non-hydrogen) atoms. The lowest BCUT2D eigenvalue weighted by Gasteiger charge is -2.34. The first-order valence-corrected chi connectivity index (χ1v) is 15.1. The van der Waals surface area contributed by atoms with Crippen LogP contribution in [0.15, 0.2) is 30.3 Å². The Morgan fingerprint density at radius 2 is 1.93 bits per heavy atom. The molecule has 1 atom stereocenters. The molecule has 1 N–H and O–H groups in total. The van der Waals surface area contributed by atoms with Crippen LogP contribution in [0.2, 0.25) is 0 Å². The summed E-state index contributed by atoms with van der Waals surface area (Å²) in [6, 6.07) is 10.0. The van der Waals surface area contributed by atoms with Crippen LogP contribution in [-0.4, -0.2) is 46.3 Å². The van der Waals surface area contributed by atoms with Crippen LogP contribution in [0.5, 0.6) is 5.75 Å². The molecule has 2 aromatic carbocycles. The number of carboxylic acids is 1. The minimum absolute atomic E-state index is 0.322. The SMILES string of the molecule is Cc1ccccc1CCCN1CCc2nc(C)c([C@H](OC(C)(C)C)C(=O)O)c(-c3cc(F)c4c(c3C)CCCO4)c2C1. The molecule has 7 heteroatoms. The fourth-order valence-electron chi connectivity index (χ4n) is 6.47. The largest absolute Gasteiger partial charge is 0.490 e. The van der Waals surface area contributed by atoms with Crippen molar-refractivity contribution in [3.05, 3.63) is 80.9 Å². The number of benzene rings is 2. The maximum absolute atomic E-state index is 15.6. The van der Waals surface area contributed by atoms with Crippen molar-refractivity contribution in [3.63, 3.8) is 0 Å². The Balaban J connectivity index is 1.61. The predicted molar refractivity (Wildman–Crippen MR) is 163 cm³/mol. The Labute approximate surface area is 248 Å². The second-order valence-electron chi connectivity index (χ2n) is 12.7. The molecule has 2 aliphatic heterocycles. The van der Waals surface area contributed by atoms with Gasteiger partial charge >= 0.3 is 5.97 Å². The molecule has 1 aromatic heterocycles. The maximum atomic E-state index is 15.6. The van der Waals surface area contributed by atoms with E-state index in [0.717, 1.165) is 73.1 Å². The van der Waals surface area contributed by atoms with E-state index in [1.807, 2.05) is 34.6 Å². The highest BCUT2D eigenvalue weighted by Gasteiger charge is 2.36. The number of aryl methyl sites for hydroxylation is 3. The third-order valence-corrected chi connectivity index (χ3v) is 8.50.